The van der Waals surface area contributed by atoms with Gasteiger partial charge in [0.1, 0.15) is 5.25 Å². The van der Waals surface area contributed by atoms with Crippen molar-refractivity contribution in [1.82, 2.24) is 0 Å². The summed E-state index contributed by atoms with van der Waals surface area (Å²) in [6.07, 6.45) is 0. The second-order valence-electron chi connectivity index (χ2n) is 3.43. The van der Waals surface area contributed by atoms with Gasteiger partial charge in [-0.05, 0) is 18.1 Å². The summed E-state index contributed by atoms with van der Waals surface area (Å²) in [6, 6.07) is 9.63. The molecule has 76 valence electrons. The van der Waals surface area contributed by atoms with Crippen LogP contribution in [-0.2, 0) is 4.79 Å². The third-order valence-corrected chi connectivity index (χ3v) is 3.40. The quantitative estimate of drug-likeness (QED) is 0.776. The molecule has 0 spiro atoms. The molecular formula is C11H14O2S. The van der Waals surface area contributed by atoms with Crippen molar-refractivity contribution in [3.8, 4) is 0 Å². The fourth-order valence-electron chi connectivity index (χ4n) is 1.12. The minimum Gasteiger partial charge on any atom is -0.480 e. The molecule has 14 heavy (non-hydrogen) atoms. The maximum atomic E-state index is 10.9. The number of aliphatic carboxylic acids is 1. The van der Waals surface area contributed by atoms with Crippen molar-refractivity contribution in [2.45, 2.75) is 24.0 Å². The number of thioether (sulfide) groups is 1. The van der Waals surface area contributed by atoms with Crippen molar-refractivity contribution in [3.63, 3.8) is 0 Å². The fourth-order valence-corrected chi connectivity index (χ4v) is 2.10. The van der Waals surface area contributed by atoms with Crippen LogP contribution in [0.15, 0.2) is 35.2 Å². The van der Waals surface area contributed by atoms with E-state index in [1.165, 1.54) is 11.8 Å². The van der Waals surface area contributed by atoms with Gasteiger partial charge in [0.25, 0.3) is 0 Å². The van der Waals surface area contributed by atoms with Gasteiger partial charge in [-0.25, -0.2) is 0 Å². The van der Waals surface area contributed by atoms with Gasteiger partial charge in [0, 0.05) is 4.90 Å². The third kappa shape index (κ3) is 3.07. The van der Waals surface area contributed by atoms with Crippen molar-refractivity contribution in [3.05, 3.63) is 30.3 Å². The number of carbonyl (C=O) groups is 1. The summed E-state index contributed by atoms with van der Waals surface area (Å²) < 4.78 is 0. The number of benzene rings is 1. The van der Waals surface area contributed by atoms with Crippen LogP contribution in [0.2, 0.25) is 0 Å². The molecule has 0 bridgehead atoms. The van der Waals surface area contributed by atoms with Gasteiger partial charge < -0.3 is 5.11 Å². The molecule has 0 heterocycles. The zero-order chi connectivity index (χ0) is 10.6. The monoisotopic (exact) mass is 210 g/mol. The van der Waals surface area contributed by atoms with Crippen LogP contribution in [0.3, 0.4) is 0 Å². The minimum absolute atomic E-state index is 0.137. The highest BCUT2D eigenvalue weighted by Gasteiger charge is 2.22. The molecule has 0 saturated carbocycles. The summed E-state index contributed by atoms with van der Waals surface area (Å²) in [7, 11) is 0. The van der Waals surface area contributed by atoms with Gasteiger partial charge in [-0.1, -0.05) is 32.0 Å². The lowest BCUT2D eigenvalue weighted by Gasteiger charge is -2.15. The van der Waals surface area contributed by atoms with Crippen LogP contribution in [0.1, 0.15) is 13.8 Å². The molecule has 0 saturated heterocycles. The SMILES string of the molecule is CC(C)[C@@H](Sc1ccccc1)C(=O)O. The van der Waals surface area contributed by atoms with Crippen molar-refractivity contribution in [2.75, 3.05) is 0 Å². The first kappa shape index (κ1) is 11.1. The van der Waals surface area contributed by atoms with Gasteiger partial charge in [-0.2, -0.15) is 0 Å². The van der Waals surface area contributed by atoms with E-state index in [1.807, 2.05) is 44.2 Å². The van der Waals surface area contributed by atoms with Crippen molar-refractivity contribution in [2.24, 2.45) is 5.92 Å². The highest BCUT2D eigenvalue weighted by atomic mass is 32.2. The molecule has 2 nitrogen and oxygen atoms in total. The Hall–Kier alpha value is -0.960. The molecule has 1 atom stereocenters. The maximum absolute atomic E-state index is 10.9. The summed E-state index contributed by atoms with van der Waals surface area (Å²) >= 11 is 1.41. The van der Waals surface area contributed by atoms with Gasteiger partial charge in [0.05, 0.1) is 0 Å². The Morgan fingerprint density at radius 2 is 1.86 bits per heavy atom. The summed E-state index contributed by atoms with van der Waals surface area (Å²) in [6.45, 7) is 3.85. The van der Waals surface area contributed by atoms with Crippen LogP contribution in [0.5, 0.6) is 0 Å². The van der Waals surface area contributed by atoms with Crippen molar-refractivity contribution >= 4 is 17.7 Å². The first-order valence-corrected chi connectivity index (χ1v) is 5.43. The Morgan fingerprint density at radius 3 is 2.29 bits per heavy atom. The van der Waals surface area contributed by atoms with Crippen LogP contribution in [0, 0.1) is 5.92 Å². The first-order chi connectivity index (χ1) is 6.61. The largest absolute Gasteiger partial charge is 0.480 e. The zero-order valence-corrected chi connectivity index (χ0v) is 9.12. The molecule has 0 radical (unpaired) electrons. The van der Waals surface area contributed by atoms with Crippen LogP contribution < -0.4 is 0 Å². The second-order valence-corrected chi connectivity index (χ2v) is 4.65. The van der Waals surface area contributed by atoms with Gasteiger partial charge in [0.15, 0.2) is 0 Å². The van der Waals surface area contributed by atoms with Gasteiger partial charge in [-0.3, -0.25) is 4.79 Å². The molecule has 0 aliphatic heterocycles. The molecule has 0 unspecified atom stereocenters. The lowest BCUT2D eigenvalue weighted by molar-refractivity contribution is -0.137. The van der Waals surface area contributed by atoms with E-state index in [0.717, 1.165) is 4.90 Å². The molecule has 1 N–H and O–H groups in total. The van der Waals surface area contributed by atoms with E-state index in [4.69, 9.17) is 5.11 Å². The van der Waals surface area contributed by atoms with E-state index in [1.54, 1.807) is 0 Å². The molecule has 3 heteroatoms. The Morgan fingerprint density at radius 1 is 1.29 bits per heavy atom. The van der Waals surface area contributed by atoms with Crippen LogP contribution in [0.4, 0.5) is 0 Å². The first-order valence-electron chi connectivity index (χ1n) is 4.55. The topological polar surface area (TPSA) is 37.3 Å². The Balaban J connectivity index is 2.70. The average molecular weight is 210 g/mol. The van der Waals surface area contributed by atoms with Gasteiger partial charge in [-0.15, -0.1) is 11.8 Å². The van der Waals surface area contributed by atoms with E-state index in [2.05, 4.69) is 0 Å². The minimum atomic E-state index is -0.742. The number of rotatable bonds is 4. The highest BCUT2D eigenvalue weighted by molar-refractivity contribution is 8.00. The Labute approximate surface area is 88.3 Å². The molecule has 0 aromatic heterocycles. The Bertz CT molecular complexity index is 295. The molecule has 1 rings (SSSR count). The molecule has 0 fully saturated rings. The third-order valence-electron chi connectivity index (χ3n) is 1.86. The smallest absolute Gasteiger partial charge is 0.317 e. The molecule has 0 aliphatic carbocycles. The second kappa shape index (κ2) is 5.05. The molecule has 0 amide bonds. The van der Waals surface area contributed by atoms with E-state index in [9.17, 15) is 4.79 Å². The van der Waals surface area contributed by atoms with Gasteiger partial charge >= 0.3 is 5.97 Å². The van der Waals surface area contributed by atoms with Crippen molar-refractivity contribution in [1.29, 1.82) is 0 Å². The zero-order valence-electron chi connectivity index (χ0n) is 8.31. The summed E-state index contributed by atoms with van der Waals surface area (Å²) in [5.74, 6) is -0.605. The lowest BCUT2D eigenvalue weighted by atomic mass is 10.1. The number of hydrogen-bond donors (Lipinski definition) is 1. The van der Waals surface area contributed by atoms with Crippen LogP contribution in [0.25, 0.3) is 0 Å². The maximum Gasteiger partial charge on any atom is 0.317 e. The number of carboxylic acid groups (broad SMARTS) is 1. The number of hydrogen-bond acceptors (Lipinski definition) is 2. The normalized spacial score (nSPS) is 12.8. The van der Waals surface area contributed by atoms with E-state index < -0.39 is 5.97 Å². The van der Waals surface area contributed by atoms with Gasteiger partial charge in [0.2, 0.25) is 0 Å². The summed E-state index contributed by atoms with van der Waals surface area (Å²) in [5, 5.41) is 8.62. The predicted octanol–water partition coefficient (Wildman–Crippen LogP) is 2.89. The molecule has 1 aromatic carbocycles. The molecular weight excluding hydrogens is 196 g/mol. The fraction of sp³-hybridized carbons (Fsp3) is 0.364. The Kier molecular flexibility index (Phi) is 4.01. The van der Waals surface area contributed by atoms with E-state index in [-0.39, 0.29) is 11.2 Å². The lowest BCUT2D eigenvalue weighted by Crippen LogP contribution is -2.22. The average Bonchev–Trinajstić information content (AvgIpc) is 2.15. The summed E-state index contributed by atoms with van der Waals surface area (Å²) in [4.78, 5) is 11.9. The number of carboxylic acids is 1. The standard InChI is InChI=1S/C11H14O2S/c1-8(2)10(11(12)13)14-9-6-4-3-5-7-9/h3-8,10H,1-2H3,(H,12,13)/t10-/m1/s1. The highest BCUT2D eigenvalue weighted by Crippen LogP contribution is 2.27. The van der Waals surface area contributed by atoms with Crippen molar-refractivity contribution < 1.29 is 9.90 Å². The van der Waals surface area contributed by atoms with E-state index in [0.29, 0.717) is 0 Å². The van der Waals surface area contributed by atoms with Crippen LogP contribution in [-0.4, -0.2) is 16.3 Å². The molecule has 1 aromatic rings. The summed E-state index contributed by atoms with van der Waals surface area (Å²) in [5.41, 5.74) is 0. The molecule has 0 aliphatic rings. The van der Waals surface area contributed by atoms with Crippen LogP contribution >= 0.6 is 11.8 Å². The van der Waals surface area contributed by atoms with E-state index >= 15 is 0 Å². The predicted molar refractivity (Wildman–Crippen MR) is 58.6 cm³/mol.